The molecule has 1 aliphatic rings. The summed E-state index contributed by atoms with van der Waals surface area (Å²) in [6.07, 6.45) is -7.43. The third-order valence-corrected chi connectivity index (χ3v) is 3.89. The number of aliphatic carboxylic acids is 1. The van der Waals surface area contributed by atoms with Crippen LogP contribution in [0.5, 0.6) is 5.75 Å². The van der Waals surface area contributed by atoms with E-state index in [2.05, 4.69) is 0 Å². The predicted octanol–water partition coefficient (Wildman–Crippen LogP) is 3.25. The van der Waals surface area contributed by atoms with E-state index >= 15 is 0 Å². The van der Waals surface area contributed by atoms with Crippen molar-refractivity contribution in [3.63, 3.8) is 0 Å². The molecule has 0 aliphatic carbocycles. The molecule has 1 saturated heterocycles. The molecule has 23 heavy (non-hydrogen) atoms. The highest BCUT2D eigenvalue weighted by Crippen LogP contribution is 2.51. The average molecular weight is 340 g/mol. The Kier molecular flexibility index (Phi) is 4.27. The molecule has 1 aromatic carbocycles. The Hall–Kier alpha value is -1.90. The number of carboxylic acid groups (broad SMARTS) is 1. The summed E-state index contributed by atoms with van der Waals surface area (Å²) in [4.78, 5) is 11.3. The molecule has 1 N–H and O–H groups in total. The van der Waals surface area contributed by atoms with Gasteiger partial charge in [0.05, 0.1) is 7.11 Å². The first-order valence-electron chi connectivity index (χ1n) is 6.51. The van der Waals surface area contributed by atoms with Crippen LogP contribution in [-0.2, 0) is 9.53 Å². The van der Waals surface area contributed by atoms with Gasteiger partial charge in [-0.15, -0.1) is 0 Å². The van der Waals surface area contributed by atoms with E-state index in [1.165, 1.54) is 0 Å². The number of carbonyl (C=O) groups is 1. The number of rotatable bonds is 3. The molecule has 0 bridgehead atoms. The Balaban J connectivity index is 2.53. The molecule has 1 heterocycles. The minimum Gasteiger partial charge on any atom is -0.493 e. The highest BCUT2D eigenvalue weighted by molar-refractivity contribution is 5.75. The summed E-state index contributed by atoms with van der Waals surface area (Å²) in [5.74, 6) is -6.25. The molecule has 1 aromatic rings. The summed E-state index contributed by atoms with van der Waals surface area (Å²) in [6, 6.07) is 1.71. The van der Waals surface area contributed by atoms with Gasteiger partial charge in [-0.05, 0) is 19.4 Å². The Labute approximate surface area is 127 Å². The molecule has 2 rings (SSSR count). The summed E-state index contributed by atoms with van der Waals surface area (Å²) in [7, 11) is 1.01. The van der Waals surface area contributed by atoms with E-state index in [-0.39, 0.29) is 5.56 Å². The minimum absolute atomic E-state index is 0.188. The molecule has 0 amide bonds. The van der Waals surface area contributed by atoms with Gasteiger partial charge in [0, 0.05) is 11.5 Å². The number of halogens is 5. The lowest BCUT2D eigenvalue weighted by Gasteiger charge is -2.26. The van der Waals surface area contributed by atoms with Gasteiger partial charge in [-0.3, -0.25) is 0 Å². The number of hydrogen-bond donors (Lipinski definition) is 1. The number of benzene rings is 1. The topological polar surface area (TPSA) is 55.8 Å². The fraction of sp³-hybridized carbons (Fsp3) is 0.500. The van der Waals surface area contributed by atoms with Crippen molar-refractivity contribution < 1.29 is 41.3 Å². The van der Waals surface area contributed by atoms with Gasteiger partial charge < -0.3 is 14.6 Å². The first-order chi connectivity index (χ1) is 10.5. The van der Waals surface area contributed by atoms with Gasteiger partial charge in [0.15, 0.2) is 23.3 Å². The van der Waals surface area contributed by atoms with Gasteiger partial charge in [-0.1, -0.05) is 6.07 Å². The van der Waals surface area contributed by atoms with Crippen molar-refractivity contribution in [2.24, 2.45) is 0 Å². The van der Waals surface area contributed by atoms with Crippen LogP contribution in [-0.4, -0.2) is 36.1 Å². The number of carboxylic acids is 1. The lowest BCUT2D eigenvalue weighted by atomic mass is 9.86. The van der Waals surface area contributed by atoms with E-state index in [1.807, 2.05) is 0 Å². The molecule has 0 spiro atoms. The second-order valence-electron chi connectivity index (χ2n) is 5.40. The van der Waals surface area contributed by atoms with Crippen LogP contribution in [0, 0.1) is 11.6 Å². The van der Waals surface area contributed by atoms with Crippen LogP contribution >= 0.6 is 0 Å². The predicted molar refractivity (Wildman–Crippen MR) is 67.2 cm³/mol. The van der Waals surface area contributed by atoms with Crippen molar-refractivity contribution in [3.05, 3.63) is 29.3 Å². The zero-order valence-corrected chi connectivity index (χ0v) is 12.1. The monoisotopic (exact) mass is 340 g/mol. The second kappa shape index (κ2) is 5.63. The van der Waals surface area contributed by atoms with Crippen molar-refractivity contribution in [1.29, 1.82) is 0 Å². The van der Waals surface area contributed by atoms with Crippen LogP contribution < -0.4 is 4.74 Å². The highest BCUT2D eigenvalue weighted by atomic mass is 19.4. The van der Waals surface area contributed by atoms with E-state index in [4.69, 9.17) is 14.6 Å². The second-order valence-corrected chi connectivity index (χ2v) is 5.40. The maximum Gasteiger partial charge on any atom is 0.417 e. The van der Waals surface area contributed by atoms with Gasteiger partial charge in [0.2, 0.25) is 5.82 Å². The Morgan fingerprint density at radius 1 is 1.39 bits per heavy atom. The zero-order valence-electron chi connectivity index (χ0n) is 12.1. The normalized spacial score (nSPS) is 28.0. The fourth-order valence-corrected chi connectivity index (χ4v) is 2.66. The van der Waals surface area contributed by atoms with Crippen LogP contribution in [0.2, 0.25) is 0 Å². The first kappa shape index (κ1) is 17.5. The molecule has 0 radical (unpaired) electrons. The molecule has 9 heteroatoms. The zero-order chi connectivity index (χ0) is 17.6. The SMILES string of the molecule is COc1c(C2CC(C)(C(F)(F)F)O[C@H]2C(=O)O)ccc(F)c1F. The molecule has 0 aromatic heterocycles. The molecule has 1 fully saturated rings. The van der Waals surface area contributed by atoms with E-state index in [0.717, 1.165) is 20.1 Å². The minimum atomic E-state index is -4.82. The third-order valence-electron chi connectivity index (χ3n) is 3.89. The van der Waals surface area contributed by atoms with Crippen molar-refractivity contribution in [1.82, 2.24) is 0 Å². The van der Waals surface area contributed by atoms with Gasteiger partial charge in [-0.25, -0.2) is 9.18 Å². The summed E-state index contributed by atoms with van der Waals surface area (Å²) >= 11 is 0. The van der Waals surface area contributed by atoms with Crippen LogP contribution in [0.4, 0.5) is 22.0 Å². The standard InChI is InChI=1S/C14H13F5O4/c1-13(14(17,18)19)5-7(11(23-13)12(20)21)6-3-4-8(15)9(16)10(6)22-2/h3-4,7,11H,5H2,1-2H3,(H,20,21)/t7?,11-,13?/m1/s1. The van der Waals surface area contributed by atoms with Crippen molar-refractivity contribution in [2.45, 2.75) is 37.1 Å². The molecular weight excluding hydrogens is 327 g/mol. The van der Waals surface area contributed by atoms with Crippen LogP contribution in [0.1, 0.15) is 24.8 Å². The number of methoxy groups -OCH3 is 1. The van der Waals surface area contributed by atoms with E-state index in [0.29, 0.717) is 6.07 Å². The number of hydrogen-bond acceptors (Lipinski definition) is 3. The van der Waals surface area contributed by atoms with Crippen molar-refractivity contribution in [2.75, 3.05) is 7.11 Å². The van der Waals surface area contributed by atoms with Crippen molar-refractivity contribution in [3.8, 4) is 5.75 Å². The summed E-state index contributed by atoms with van der Waals surface area (Å²) in [6.45, 7) is 0.718. The highest BCUT2D eigenvalue weighted by Gasteiger charge is 2.61. The average Bonchev–Trinajstić information content (AvgIpc) is 2.81. The largest absolute Gasteiger partial charge is 0.493 e. The Morgan fingerprint density at radius 3 is 2.48 bits per heavy atom. The fourth-order valence-electron chi connectivity index (χ4n) is 2.66. The Bertz CT molecular complexity index is 630. The first-order valence-corrected chi connectivity index (χ1v) is 6.51. The van der Waals surface area contributed by atoms with E-state index < -0.39 is 53.6 Å². The van der Waals surface area contributed by atoms with Crippen LogP contribution in [0.25, 0.3) is 0 Å². The van der Waals surface area contributed by atoms with Gasteiger partial charge in [-0.2, -0.15) is 17.6 Å². The van der Waals surface area contributed by atoms with E-state index in [1.54, 1.807) is 0 Å². The quantitative estimate of drug-likeness (QED) is 0.858. The molecule has 1 aliphatic heterocycles. The maximum atomic E-state index is 13.8. The summed E-state index contributed by atoms with van der Waals surface area (Å²) < 4.78 is 75.8. The molecular formula is C14H13F5O4. The smallest absolute Gasteiger partial charge is 0.417 e. The molecule has 128 valence electrons. The van der Waals surface area contributed by atoms with Gasteiger partial charge in [0.1, 0.15) is 0 Å². The lowest BCUT2D eigenvalue weighted by Crippen LogP contribution is -2.42. The van der Waals surface area contributed by atoms with Gasteiger partial charge in [0.25, 0.3) is 0 Å². The Morgan fingerprint density at radius 2 is 2.00 bits per heavy atom. The number of alkyl halides is 3. The lowest BCUT2D eigenvalue weighted by molar-refractivity contribution is -0.263. The molecule has 0 saturated carbocycles. The van der Waals surface area contributed by atoms with Crippen LogP contribution in [0.3, 0.4) is 0 Å². The number of ether oxygens (including phenoxy) is 2. The molecule has 3 atom stereocenters. The molecule has 2 unspecified atom stereocenters. The van der Waals surface area contributed by atoms with Crippen molar-refractivity contribution >= 4 is 5.97 Å². The summed E-state index contributed by atoms with van der Waals surface area (Å²) in [5.41, 5.74) is -2.90. The maximum absolute atomic E-state index is 13.8. The summed E-state index contributed by atoms with van der Waals surface area (Å²) in [5, 5.41) is 9.13. The third kappa shape index (κ3) is 2.85. The van der Waals surface area contributed by atoms with E-state index in [9.17, 15) is 26.7 Å². The molecule has 4 nitrogen and oxygen atoms in total. The van der Waals surface area contributed by atoms with Gasteiger partial charge >= 0.3 is 12.1 Å². The van der Waals surface area contributed by atoms with Crippen LogP contribution in [0.15, 0.2) is 12.1 Å².